The Kier molecular flexibility index (Phi) is 6.68. The molecule has 0 aliphatic carbocycles. The molecule has 2 aromatic carbocycles. The number of hydrogen-bond acceptors (Lipinski definition) is 4. The van der Waals surface area contributed by atoms with E-state index in [-0.39, 0.29) is 5.91 Å². The van der Waals surface area contributed by atoms with Crippen molar-refractivity contribution in [1.29, 1.82) is 0 Å². The van der Waals surface area contributed by atoms with Crippen molar-refractivity contribution < 1.29 is 4.79 Å². The van der Waals surface area contributed by atoms with E-state index in [0.29, 0.717) is 34.3 Å². The number of halogens is 1. The molecule has 0 bridgehead atoms. The monoisotopic (exact) mass is 440 g/mol. The zero-order valence-corrected chi connectivity index (χ0v) is 18.3. The highest BCUT2D eigenvalue weighted by Gasteiger charge is 2.20. The lowest BCUT2D eigenvalue weighted by atomic mass is 10.0. The first kappa shape index (κ1) is 21.4. The fraction of sp³-hybridized carbons (Fsp3) is 0.0769. The summed E-state index contributed by atoms with van der Waals surface area (Å²) in [6, 6.07) is 20.9. The number of carbonyl (C=O) groups excluding carboxylic acids is 1. The molecule has 5 nitrogen and oxygen atoms in total. The summed E-state index contributed by atoms with van der Waals surface area (Å²) >= 11 is 6.22. The van der Waals surface area contributed by atoms with Gasteiger partial charge in [0.25, 0.3) is 5.91 Å². The molecule has 0 aliphatic heterocycles. The van der Waals surface area contributed by atoms with Gasteiger partial charge in [-0.05, 0) is 36.8 Å². The zero-order chi connectivity index (χ0) is 22.3. The maximum Gasteiger partial charge on any atom is 0.255 e. The Morgan fingerprint density at radius 3 is 2.56 bits per heavy atom. The summed E-state index contributed by atoms with van der Waals surface area (Å²) in [5, 5.41) is 3.51. The molecule has 0 saturated carbocycles. The van der Waals surface area contributed by atoms with Crippen LogP contribution in [0.3, 0.4) is 0 Å². The van der Waals surface area contributed by atoms with Crippen LogP contribution in [0.1, 0.15) is 21.6 Å². The van der Waals surface area contributed by atoms with Crippen LogP contribution in [-0.4, -0.2) is 27.4 Å². The lowest BCUT2D eigenvalue weighted by molar-refractivity contribution is 0.0957. The molecule has 2 aromatic heterocycles. The van der Waals surface area contributed by atoms with Crippen molar-refractivity contribution in [1.82, 2.24) is 20.3 Å². The number of pyridine rings is 1. The first-order valence-electron chi connectivity index (χ1n) is 10.2. The highest BCUT2D eigenvalue weighted by Crippen LogP contribution is 2.28. The quantitative estimate of drug-likeness (QED) is 0.423. The van der Waals surface area contributed by atoms with Gasteiger partial charge < -0.3 is 5.32 Å². The molecule has 0 aliphatic rings. The molecule has 0 saturated heterocycles. The number of benzene rings is 2. The minimum absolute atomic E-state index is 0.243. The second-order valence-electron chi connectivity index (χ2n) is 7.13. The highest BCUT2D eigenvalue weighted by atomic mass is 35.5. The number of aromatic nitrogens is 3. The molecule has 2 heterocycles. The second-order valence-corrected chi connectivity index (χ2v) is 7.57. The Balaban J connectivity index is 1.67. The van der Waals surface area contributed by atoms with Crippen LogP contribution in [0.4, 0.5) is 0 Å². The largest absolute Gasteiger partial charge is 0.348 e. The predicted molar refractivity (Wildman–Crippen MR) is 128 cm³/mol. The van der Waals surface area contributed by atoms with Crippen molar-refractivity contribution in [3.05, 3.63) is 107 Å². The van der Waals surface area contributed by atoms with Crippen LogP contribution in [0, 0.1) is 6.92 Å². The van der Waals surface area contributed by atoms with Gasteiger partial charge in [0.1, 0.15) is 0 Å². The van der Waals surface area contributed by atoms with Gasteiger partial charge in [-0.1, -0.05) is 66.2 Å². The van der Waals surface area contributed by atoms with Crippen LogP contribution in [0.5, 0.6) is 0 Å². The van der Waals surface area contributed by atoms with Gasteiger partial charge in [-0.2, -0.15) is 0 Å². The summed E-state index contributed by atoms with van der Waals surface area (Å²) in [5.74, 6) is 0.263. The molecule has 0 fully saturated rings. The van der Waals surface area contributed by atoms with Crippen LogP contribution >= 0.6 is 11.6 Å². The average Bonchev–Trinajstić information content (AvgIpc) is 2.82. The van der Waals surface area contributed by atoms with Gasteiger partial charge in [-0.3, -0.25) is 9.78 Å². The van der Waals surface area contributed by atoms with E-state index in [1.807, 2.05) is 73.7 Å². The van der Waals surface area contributed by atoms with E-state index in [1.54, 1.807) is 24.5 Å². The number of aryl methyl sites for hydroxylation is 1. The number of amides is 1. The Labute approximate surface area is 191 Å². The van der Waals surface area contributed by atoms with E-state index in [2.05, 4.69) is 15.3 Å². The summed E-state index contributed by atoms with van der Waals surface area (Å²) in [4.78, 5) is 26.6. The molecule has 1 amide bonds. The second kappa shape index (κ2) is 9.98. The van der Waals surface area contributed by atoms with Gasteiger partial charge in [0.05, 0.1) is 17.0 Å². The number of rotatable bonds is 6. The lowest BCUT2D eigenvalue weighted by Gasteiger charge is -2.14. The summed E-state index contributed by atoms with van der Waals surface area (Å²) in [7, 11) is 0. The third-order valence-corrected chi connectivity index (χ3v) is 5.06. The van der Waals surface area contributed by atoms with Crippen LogP contribution in [0.2, 0.25) is 5.02 Å². The number of nitrogens with one attached hydrogen (secondary N) is 1. The van der Waals surface area contributed by atoms with E-state index >= 15 is 0 Å². The maximum absolute atomic E-state index is 13.1. The molecule has 4 rings (SSSR count). The van der Waals surface area contributed by atoms with Crippen LogP contribution < -0.4 is 5.32 Å². The third-order valence-electron chi connectivity index (χ3n) is 4.83. The van der Waals surface area contributed by atoms with Gasteiger partial charge in [0.2, 0.25) is 0 Å². The first-order chi connectivity index (χ1) is 15.6. The minimum Gasteiger partial charge on any atom is -0.348 e. The molecule has 0 radical (unpaired) electrons. The van der Waals surface area contributed by atoms with E-state index in [9.17, 15) is 4.79 Å². The van der Waals surface area contributed by atoms with E-state index in [0.717, 1.165) is 16.7 Å². The molecule has 0 unspecified atom stereocenters. The number of nitrogens with zero attached hydrogens (tertiary/aromatic N) is 3. The van der Waals surface area contributed by atoms with Gasteiger partial charge in [-0.15, -0.1) is 0 Å². The van der Waals surface area contributed by atoms with E-state index in [1.165, 1.54) is 0 Å². The van der Waals surface area contributed by atoms with Gasteiger partial charge >= 0.3 is 0 Å². The summed E-state index contributed by atoms with van der Waals surface area (Å²) in [5.41, 5.74) is 4.13. The topological polar surface area (TPSA) is 67.8 Å². The van der Waals surface area contributed by atoms with E-state index < -0.39 is 0 Å². The van der Waals surface area contributed by atoms with Crippen molar-refractivity contribution in [3.8, 4) is 22.6 Å². The minimum atomic E-state index is -0.243. The molecule has 0 spiro atoms. The molecular weight excluding hydrogens is 420 g/mol. The molecule has 0 atom stereocenters. The van der Waals surface area contributed by atoms with Crippen molar-refractivity contribution >= 4 is 23.6 Å². The smallest absolute Gasteiger partial charge is 0.255 e. The van der Waals surface area contributed by atoms with Gasteiger partial charge in [-0.25, -0.2) is 9.97 Å². The van der Waals surface area contributed by atoms with Crippen LogP contribution in [0.25, 0.3) is 28.7 Å². The van der Waals surface area contributed by atoms with Crippen molar-refractivity contribution in [2.24, 2.45) is 0 Å². The van der Waals surface area contributed by atoms with Crippen LogP contribution in [0.15, 0.2) is 85.2 Å². The van der Waals surface area contributed by atoms with Crippen LogP contribution in [-0.2, 0) is 0 Å². The summed E-state index contributed by atoms with van der Waals surface area (Å²) in [6.07, 6.45) is 7.27. The molecule has 6 heteroatoms. The average molecular weight is 441 g/mol. The molecule has 4 aromatic rings. The van der Waals surface area contributed by atoms with Crippen molar-refractivity contribution in [2.75, 3.05) is 6.54 Å². The Morgan fingerprint density at radius 1 is 1.00 bits per heavy atom. The number of carbonyl (C=O) groups is 1. The van der Waals surface area contributed by atoms with Gasteiger partial charge in [0, 0.05) is 35.1 Å². The fourth-order valence-electron chi connectivity index (χ4n) is 3.31. The lowest BCUT2D eigenvalue weighted by Crippen LogP contribution is -2.26. The maximum atomic E-state index is 13.1. The van der Waals surface area contributed by atoms with Crippen molar-refractivity contribution in [3.63, 3.8) is 0 Å². The first-order valence-corrected chi connectivity index (χ1v) is 10.5. The standard InChI is InChI=1S/C26H21ClN4O/c1-18-23(26(32)29-15-6-10-19-8-3-2-4-9-19)24(20-11-5-13-22(27)16-20)31-25(30-18)21-12-7-14-28-17-21/h2-14,16-17H,15H2,1H3,(H,29,32). The fourth-order valence-corrected chi connectivity index (χ4v) is 3.50. The highest BCUT2D eigenvalue weighted by molar-refractivity contribution is 6.30. The van der Waals surface area contributed by atoms with Crippen molar-refractivity contribution in [2.45, 2.75) is 6.92 Å². The normalized spacial score (nSPS) is 10.9. The summed E-state index contributed by atoms with van der Waals surface area (Å²) in [6.45, 7) is 2.19. The number of hydrogen-bond donors (Lipinski definition) is 1. The molecule has 158 valence electrons. The van der Waals surface area contributed by atoms with E-state index in [4.69, 9.17) is 16.6 Å². The Morgan fingerprint density at radius 2 is 1.81 bits per heavy atom. The SMILES string of the molecule is Cc1nc(-c2cccnc2)nc(-c2cccc(Cl)c2)c1C(=O)NCC=Cc1ccccc1. The molecule has 1 N–H and O–H groups in total. The predicted octanol–water partition coefficient (Wildman–Crippen LogP) is 5.61. The third kappa shape index (κ3) is 5.07. The Hall–Kier alpha value is -3.83. The summed E-state index contributed by atoms with van der Waals surface area (Å²) < 4.78 is 0. The molecular formula is C26H21ClN4O. The Bertz CT molecular complexity index is 1260. The van der Waals surface area contributed by atoms with Gasteiger partial charge in [0.15, 0.2) is 5.82 Å². The zero-order valence-electron chi connectivity index (χ0n) is 17.5. The molecule has 32 heavy (non-hydrogen) atoms.